The van der Waals surface area contributed by atoms with Gasteiger partial charge >= 0.3 is 12.1 Å². The Morgan fingerprint density at radius 1 is 1.53 bits per heavy atom. The van der Waals surface area contributed by atoms with Crippen LogP contribution in [0.4, 0.5) is 4.79 Å². The summed E-state index contributed by atoms with van der Waals surface area (Å²) in [6.07, 6.45) is 9.20. The van der Waals surface area contributed by atoms with Gasteiger partial charge in [-0.15, -0.1) is 11.3 Å². The number of carboxylic acids is 1. The summed E-state index contributed by atoms with van der Waals surface area (Å²) in [5, 5.41) is 21.3. The summed E-state index contributed by atoms with van der Waals surface area (Å²) >= 11 is 2.71. The molecule has 0 radical (unpaired) electrons. The van der Waals surface area contributed by atoms with Crippen molar-refractivity contribution in [2.75, 3.05) is 12.3 Å². The molecule has 0 bridgehead atoms. The number of aromatic carboxylic acids is 1. The van der Waals surface area contributed by atoms with E-state index in [-0.39, 0.29) is 29.3 Å². The molecule has 1 aliphatic heterocycles. The van der Waals surface area contributed by atoms with Gasteiger partial charge in [0, 0.05) is 17.7 Å². The van der Waals surface area contributed by atoms with E-state index in [1.807, 2.05) is 19.1 Å². The van der Waals surface area contributed by atoms with Crippen molar-refractivity contribution < 1.29 is 24.5 Å². The van der Waals surface area contributed by atoms with Gasteiger partial charge in [0.25, 0.3) is 0 Å². The Bertz CT molecular complexity index is 777. The molecule has 166 valence electrons. The van der Waals surface area contributed by atoms with Crippen molar-refractivity contribution in [1.82, 2.24) is 9.88 Å². The normalized spacial score (nSPS) is 24.1. The topological polar surface area (TPSA) is 100.0 Å². The minimum absolute atomic E-state index is 0.00735. The number of hydrogen-bond acceptors (Lipinski definition) is 7. The average Bonchev–Trinajstić information content (AvgIpc) is 3.24. The molecule has 9 heteroatoms. The van der Waals surface area contributed by atoms with Gasteiger partial charge in [0.1, 0.15) is 6.10 Å². The molecule has 2 aliphatic rings. The number of carboxylic acid groups (broad SMARTS) is 1. The molecule has 30 heavy (non-hydrogen) atoms. The molecule has 3 atom stereocenters. The number of unbranched alkanes of at least 4 members (excludes halogenated alkanes) is 1. The third kappa shape index (κ3) is 5.18. The second-order valence-corrected chi connectivity index (χ2v) is 10.3. The predicted molar refractivity (Wildman–Crippen MR) is 117 cm³/mol. The molecule has 0 aromatic carbocycles. The highest BCUT2D eigenvalue weighted by atomic mass is 32.2. The molecule has 1 aromatic rings. The summed E-state index contributed by atoms with van der Waals surface area (Å²) < 4.78 is 6.07. The molecule has 3 rings (SSSR count). The fraction of sp³-hybridized carbons (Fsp3) is 0.667. The number of cyclic esters (lactones) is 1. The largest absolute Gasteiger partial charge is 0.476 e. The van der Waals surface area contributed by atoms with Crippen LogP contribution in [0.3, 0.4) is 0 Å². The first kappa shape index (κ1) is 23.1. The summed E-state index contributed by atoms with van der Waals surface area (Å²) in [6.45, 7) is 4.49. The van der Waals surface area contributed by atoms with Gasteiger partial charge in [0.2, 0.25) is 0 Å². The van der Waals surface area contributed by atoms with Crippen molar-refractivity contribution in [2.24, 2.45) is 5.41 Å². The van der Waals surface area contributed by atoms with Gasteiger partial charge in [0.15, 0.2) is 10.0 Å². The lowest BCUT2D eigenvalue weighted by molar-refractivity contribution is -0.0143. The van der Waals surface area contributed by atoms with Crippen LogP contribution in [-0.4, -0.2) is 62.7 Å². The Morgan fingerprint density at radius 2 is 2.30 bits per heavy atom. The maximum absolute atomic E-state index is 12.3. The van der Waals surface area contributed by atoms with Crippen molar-refractivity contribution in [1.29, 1.82) is 0 Å². The van der Waals surface area contributed by atoms with Gasteiger partial charge in [-0.05, 0) is 31.6 Å². The molecule has 1 saturated heterocycles. The number of hydrogen-bond donors (Lipinski definition) is 2. The maximum Gasteiger partial charge on any atom is 0.410 e. The maximum atomic E-state index is 12.3. The summed E-state index contributed by atoms with van der Waals surface area (Å²) in [7, 11) is 0. The zero-order chi connectivity index (χ0) is 21.7. The average molecular weight is 455 g/mol. The Kier molecular flexibility index (Phi) is 7.81. The van der Waals surface area contributed by atoms with Crippen LogP contribution in [0, 0.1) is 5.41 Å². The number of aromatic nitrogens is 1. The van der Waals surface area contributed by atoms with Crippen molar-refractivity contribution in [3.63, 3.8) is 0 Å². The first-order valence-electron chi connectivity index (χ1n) is 10.5. The summed E-state index contributed by atoms with van der Waals surface area (Å²) in [5.41, 5.74) is 0.0339. The third-order valence-electron chi connectivity index (χ3n) is 6.12. The third-order valence-corrected chi connectivity index (χ3v) is 8.12. The minimum atomic E-state index is -1.04. The van der Waals surface area contributed by atoms with E-state index in [0.29, 0.717) is 16.6 Å². The Morgan fingerprint density at radius 3 is 2.90 bits per heavy atom. The predicted octanol–water partition coefficient (Wildman–Crippen LogP) is 4.42. The van der Waals surface area contributed by atoms with Gasteiger partial charge in [-0.1, -0.05) is 50.1 Å². The van der Waals surface area contributed by atoms with E-state index in [2.05, 4.69) is 11.9 Å². The van der Waals surface area contributed by atoms with Crippen LogP contribution >= 0.6 is 23.1 Å². The Hall–Kier alpha value is -1.58. The molecule has 3 unspecified atom stereocenters. The van der Waals surface area contributed by atoms with E-state index in [0.717, 1.165) is 32.1 Å². The molecule has 0 spiro atoms. The molecule has 2 heterocycles. The highest BCUT2D eigenvalue weighted by Gasteiger charge is 2.42. The first-order valence-corrected chi connectivity index (χ1v) is 12.4. The lowest BCUT2D eigenvalue weighted by Crippen LogP contribution is -2.41. The lowest BCUT2D eigenvalue weighted by Gasteiger charge is -2.45. The van der Waals surface area contributed by atoms with Crippen LogP contribution in [0.5, 0.6) is 0 Å². The van der Waals surface area contributed by atoms with Gasteiger partial charge in [-0.3, -0.25) is 4.90 Å². The smallest absolute Gasteiger partial charge is 0.410 e. The lowest BCUT2D eigenvalue weighted by atomic mass is 9.62. The van der Waals surface area contributed by atoms with Crippen LogP contribution in [0.1, 0.15) is 62.9 Å². The highest BCUT2D eigenvalue weighted by molar-refractivity contribution is 8.01. The van der Waals surface area contributed by atoms with Crippen LogP contribution < -0.4 is 0 Å². The van der Waals surface area contributed by atoms with E-state index in [9.17, 15) is 14.7 Å². The monoisotopic (exact) mass is 454 g/mol. The number of nitrogens with zero attached hydrogens (tertiary/aromatic N) is 2. The van der Waals surface area contributed by atoms with Crippen molar-refractivity contribution in [3.05, 3.63) is 23.2 Å². The second-order valence-electron chi connectivity index (χ2n) is 8.07. The molecular weight excluding hydrogens is 424 g/mol. The van der Waals surface area contributed by atoms with E-state index in [1.165, 1.54) is 34.9 Å². The number of thioether (sulfide) groups is 1. The Balaban J connectivity index is 1.57. The SMILES string of the molecule is CCCCC1(C(O)C=CC2C(C)OC(=O)N2CCSc2nc(C(=O)O)cs2)CCC1. The van der Waals surface area contributed by atoms with Gasteiger partial charge < -0.3 is 14.9 Å². The van der Waals surface area contributed by atoms with E-state index in [1.54, 1.807) is 4.90 Å². The number of rotatable bonds is 11. The summed E-state index contributed by atoms with van der Waals surface area (Å²) in [4.78, 5) is 29.0. The van der Waals surface area contributed by atoms with Crippen molar-refractivity contribution in [2.45, 2.75) is 75.0 Å². The summed E-state index contributed by atoms with van der Waals surface area (Å²) in [5.74, 6) is -0.455. The van der Waals surface area contributed by atoms with E-state index < -0.39 is 12.1 Å². The van der Waals surface area contributed by atoms with Gasteiger partial charge in [0.05, 0.1) is 12.1 Å². The van der Waals surface area contributed by atoms with Crippen LogP contribution in [0.15, 0.2) is 21.9 Å². The number of thiazole rings is 1. The quantitative estimate of drug-likeness (QED) is 0.377. The molecule has 7 nitrogen and oxygen atoms in total. The van der Waals surface area contributed by atoms with Crippen molar-refractivity contribution in [3.8, 4) is 0 Å². The number of ether oxygens (including phenoxy) is 1. The highest BCUT2D eigenvalue weighted by Crippen LogP contribution is 2.48. The van der Waals surface area contributed by atoms with E-state index >= 15 is 0 Å². The van der Waals surface area contributed by atoms with E-state index in [4.69, 9.17) is 9.84 Å². The Labute approximate surface area is 185 Å². The molecular formula is C21H30N2O5S2. The number of aliphatic hydroxyl groups excluding tert-OH is 1. The zero-order valence-electron chi connectivity index (χ0n) is 17.5. The van der Waals surface area contributed by atoms with Gasteiger partial charge in [-0.25, -0.2) is 14.6 Å². The van der Waals surface area contributed by atoms with Crippen LogP contribution in [0.2, 0.25) is 0 Å². The molecule has 2 fully saturated rings. The fourth-order valence-corrected chi connectivity index (χ4v) is 5.91. The molecule has 2 N–H and O–H groups in total. The number of carbonyl (C=O) groups excluding carboxylic acids is 1. The molecule has 1 amide bonds. The second kappa shape index (κ2) is 10.2. The molecule has 1 aliphatic carbocycles. The number of carbonyl (C=O) groups is 2. The fourth-order valence-electron chi connectivity index (χ4n) is 4.10. The summed E-state index contributed by atoms with van der Waals surface area (Å²) in [6, 6.07) is -0.220. The van der Waals surface area contributed by atoms with Crippen LogP contribution in [-0.2, 0) is 4.74 Å². The zero-order valence-corrected chi connectivity index (χ0v) is 19.1. The molecule has 1 aromatic heterocycles. The first-order chi connectivity index (χ1) is 14.4. The number of amides is 1. The standard InChI is InChI=1S/C21H30N2O5S2/c1-3-4-8-21(9-5-10-21)17(24)7-6-16-14(2)28-20(27)23(16)11-12-29-19-22-15(13-30-19)18(25)26/h6-7,13-14,16-17,24H,3-5,8-12H2,1-2H3,(H,25,26). The molecule has 1 saturated carbocycles. The van der Waals surface area contributed by atoms with Gasteiger partial charge in [-0.2, -0.15) is 0 Å². The minimum Gasteiger partial charge on any atom is -0.476 e. The van der Waals surface area contributed by atoms with Crippen molar-refractivity contribution >= 4 is 35.2 Å². The number of aliphatic hydroxyl groups is 1. The van der Waals surface area contributed by atoms with Crippen LogP contribution in [0.25, 0.3) is 0 Å².